The molecule has 3 heterocycles. The van der Waals surface area contributed by atoms with Crippen molar-refractivity contribution in [3.05, 3.63) is 73.5 Å². The number of hydrogen-bond donors (Lipinski definition) is 0. The number of rotatable bonds is 4. The maximum absolute atomic E-state index is 13.2. The average Bonchev–Trinajstić information content (AvgIpc) is 3.34. The fraction of sp³-hybridized carbons (Fsp3) is 0.118. The third kappa shape index (κ3) is 3.19. The van der Waals surface area contributed by atoms with Gasteiger partial charge in [0.25, 0.3) is 10.0 Å². The molecule has 0 N–H and O–H groups in total. The molecule has 128 valence electrons. The molecule has 3 aromatic rings. The second-order valence-corrected chi connectivity index (χ2v) is 10.1. The van der Waals surface area contributed by atoms with E-state index in [1.54, 1.807) is 46.9 Å². The van der Waals surface area contributed by atoms with Gasteiger partial charge in [-0.15, -0.1) is 22.7 Å². The lowest BCUT2D eigenvalue weighted by molar-refractivity contribution is 0.375. The summed E-state index contributed by atoms with van der Waals surface area (Å²) in [6.07, 6.45) is 0.580. The van der Waals surface area contributed by atoms with Crippen LogP contribution in [0.1, 0.15) is 22.2 Å². The third-order valence-corrected chi connectivity index (χ3v) is 8.03. The van der Waals surface area contributed by atoms with Gasteiger partial charge in [0.05, 0.1) is 15.5 Å². The van der Waals surface area contributed by atoms with E-state index >= 15 is 0 Å². The van der Waals surface area contributed by atoms with E-state index in [-0.39, 0.29) is 10.9 Å². The minimum Gasteiger partial charge on any atom is -0.200 e. The average molecular weight is 453 g/mol. The molecule has 0 spiro atoms. The van der Waals surface area contributed by atoms with Crippen molar-refractivity contribution in [3.63, 3.8) is 0 Å². The van der Waals surface area contributed by atoms with Crippen LogP contribution in [-0.2, 0) is 10.0 Å². The lowest BCUT2D eigenvalue weighted by atomic mass is 10.1. The standard InChI is InChI=1S/C17H13BrN2O2S3/c18-12-5-7-13(8-6-12)25(21,22)20-15(17-4-2-10-24-17)11-14(19-20)16-3-1-9-23-16/h1-10,15H,11H2. The maximum atomic E-state index is 13.2. The van der Waals surface area contributed by atoms with E-state index in [9.17, 15) is 8.42 Å². The molecule has 0 aliphatic carbocycles. The van der Waals surface area contributed by atoms with Crippen LogP contribution in [0.3, 0.4) is 0 Å². The zero-order valence-electron chi connectivity index (χ0n) is 12.9. The Labute approximate surface area is 162 Å². The Balaban J connectivity index is 1.78. The van der Waals surface area contributed by atoms with Crippen LogP contribution in [0.5, 0.6) is 0 Å². The number of nitrogens with zero attached hydrogens (tertiary/aromatic N) is 2. The van der Waals surface area contributed by atoms with Crippen molar-refractivity contribution < 1.29 is 8.42 Å². The fourth-order valence-electron chi connectivity index (χ4n) is 2.71. The summed E-state index contributed by atoms with van der Waals surface area (Å²) in [5.41, 5.74) is 0.814. The van der Waals surface area contributed by atoms with Crippen molar-refractivity contribution in [3.8, 4) is 0 Å². The van der Waals surface area contributed by atoms with E-state index in [1.807, 2.05) is 35.0 Å². The zero-order chi connectivity index (χ0) is 17.4. The van der Waals surface area contributed by atoms with Gasteiger partial charge >= 0.3 is 0 Å². The number of benzene rings is 1. The molecule has 1 atom stereocenters. The van der Waals surface area contributed by atoms with Gasteiger partial charge in [0.15, 0.2) is 0 Å². The molecule has 0 radical (unpaired) electrons. The molecule has 2 aromatic heterocycles. The number of thiophene rings is 2. The molecule has 0 saturated carbocycles. The highest BCUT2D eigenvalue weighted by atomic mass is 79.9. The number of sulfonamides is 1. The smallest absolute Gasteiger partial charge is 0.200 e. The van der Waals surface area contributed by atoms with Crippen LogP contribution in [0.15, 0.2) is 73.8 Å². The largest absolute Gasteiger partial charge is 0.279 e. The van der Waals surface area contributed by atoms with E-state index in [0.29, 0.717) is 6.42 Å². The van der Waals surface area contributed by atoms with Gasteiger partial charge in [-0.25, -0.2) is 0 Å². The molecule has 4 rings (SSSR count). The summed E-state index contributed by atoms with van der Waals surface area (Å²) in [6, 6.07) is 14.2. The predicted octanol–water partition coefficient (Wildman–Crippen LogP) is 5.11. The van der Waals surface area contributed by atoms with Gasteiger partial charge in [-0.3, -0.25) is 0 Å². The van der Waals surface area contributed by atoms with Crippen molar-refractivity contribution in [2.45, 2.75) is 17.4 Å². The topological polar surface area (TPSA) is 49.7 Å². The Morgan fingerprint density at radius 2 is 1.76 bits per heavy atom. The molecule has 1 unspecified atom stereocenters. The summed E-state index contributed by atoms with van der Waals surface area (Å²) in [6.45, 7) is 0. The molecule has 0 fully saturated rings. The first-order valence-electron chi connectivity index (χ1n) is 7.50. The Hall–Kier alpha value is -1.48. The summed E-state index contributed by atoms with van der Waals surface area (Å²) in [7, 11) is -3.72. The molecule has 1 aliphatic rings. The lowest BCUT2D eigenvalue weighted by Gasteiger charge is -2.22. The number of hydrogen-bond acceptors (Lipinski definition) is 5. The summed E-state index contributed by atoms with van der Waals surface area (Å²) >= 11 is 6.47. The molecular formula is C17H13BrN2O2S3. The number of halogens is 1. The molecule has 0 amide bonds. The second-order valence-electron chi connectivity index (χ2n) is 5.49. The summed E-state index contributed by atoms with van der Waals surface area (Å²) in [5.74, 6) is 0. The minimum atomic E-state index is -3.72. The Kier molecular flexibility index (Phi) is 4.53. The number of hydrazone groups is 1. The molecular weight excluding hydrogens is 440 g/mol. The van der Waals surface area contributed by atoms with Gasteiger partial charge in [-0.1, -0.05) is 28.1 Å². The van der Waals surface area contributed by atoms with E-state index in [1.165, 1.54) is 4.41 Å². The van der Waals surface area contributed by atoms with E-state index in [4.69, 9.17) is 0 Å². The summed E-state index contributed by atoms with van der Waals surface area (Å²) in [4.78, 5) is 2.25. The van der Waals surface area contributed by atoms with E-state index in [0.717, 1.165) is 19.9 Å². The Morgan fingerprint density at radius 3 is 2.40 bits per heavy atom. The minimum absolute atomic E-state index is 0.244. The summed E-state index contributed by atoms with van der Waals surface area (Å²) in [5, 5.41) is 8.44. The summed E-state index contributed by atoms with van der Waals surface area (Å²) < 4.78 is 28.5. The van der Waals surface area contributed by atoms with Crippen LogP contribution in [0.4, 0.5) is 0 Å². The zero-order valence-corrected chi connectivity index (χ0v) is 16.9. The van der Waals surface area contributed by atoms with Gasteiger partial charge < -0.3 is 0 Å². The molecule has 0 saturated heterocycles. The van der Waals surface area contributed by atoms with Crippen LogP contribution in [-0.4, -0.2) is 18.5 Å². The molecule has 8 heteroatoms. The lowest BCUT2D eigenvalue weighted by Crippen LogP contribution is -2.26. The fourth-order valence-corrected chi connectivity index (χ4v) is 6.00. The molecule has 1 aromatic carbocycles. The van der Waals surface area contributed by atoms with E-state index < -0.39 is 10.0 Å². The predicted molar refractivity (Wildman–Crippen MR) is 106 cm³/mol. The molecule has 25 heavy (non-hydrogen) atoms. The van der Waals surface area contributed by atoms with Gasteiger partial charge in [0.1, 0.15) is 6.04 Å². The Morgan fingerprint density at radius 1 is 1.04 bits per heavy atom. The molecule has 1 aliphatic heterocycles. The van der Waals surface area contributed by atoms with E-state index in [2.05, 4.69) is 21.0 Å². The van der Waals surface area contributed by atoms with Crippen LogP contribution >= 0.6 is 38.6 Å². The normalized spacial score (nSPS) is 17.7. The first kappa shape index (κ1) is 17.0. The van der Waals surface area contributed by atoms with Crippen molar-refractivity contribution in [2.75, 3.05) is 0 Å². The Bertz CT molecular complexity index is 995. The van der Waals surface area contributed by atoms with Gasteiger partial charge in [-0.05, 0) is 47.2 Å². The van der Waals surface area contributed by atoms with Crippen molar-refractivity contribution in [1.29, 1.82) is 0 Å². The molecule has 4 nitrogen and oxygen atoms in total. The first-order valence-corrected chi connectivity index (χ1v) is 11.5. The maximum Gasteiger partial charge on any atom is 0.279 e. The van der Waals surface area contributed by atoms with Gasteiger partial charge in [0, 0.05) is 15.8 Å². The van der Waals surface area contributed by atoms with Gasteiger partial charge in [0.2, 0.25) is 0 Å². The highest BCUT2D eigenvalue weighted by Crippen LogP contribution is 2.39. The third-order valence-electron chi connectivity index (χ3n) is 3.91. The highest BCUT2D eigenvalue weighted by Gasteiger charge is 2.38. The van der Waals surface area contributed by atoms with Crippen molar-refractivity contribution in [1.82, 2.24) is 4.41 Å². The first-order chi connectivity index (χ1) is 12.1. The van der Waals surface area contributed by atoms with Crippen LogP contribution < -0.4 is 0 Å². The SMILES string of the molecule is O=S(=O)(c1ccc(Br)cc1)N1N=C(c2cccs2)CC1c1cccs1. The second kappa shape index (κ2) is 6.68. The van der Waals surface area contributed by atoms with Gasteiger partial charge in [-0.2, -0.15) is 17.9 Å². The van der Waals surface area contributed by atoms with Crippen LogP contribution in [0.2, 0.25) is 0 Å². The molecule has 0 bridgehead atoms. The van der Waals surface area contributed by atoms with Crippen molar-refractivity contribution in [2.24, 2.45) is 5.10 Å². The highest BCUT2D eigenvalue weighted by molar-refractivity contribution is 9.10. The van der Waals surface area contributed by atoms with Crippen molar-refractivity contribution >= 4 is 54.3 Å². The van der Waals surface area contributed by atoms with Crippen LogP contribution in [0.25, 0.3) is 0 Å². The quantitative estimate of drug-likeness (QED) is 0.551. The monoisotopic (exact) mass is 452 g/mol. The van der Waals surface area contributed by atoms with Crippen LogP contribution in [0, 0.1) is 0 Å².